The van der Waals surface area contributed by atoms with Crippen LogP contribution in [0.1, 0.15) is 22.5 Å². The molecule has 19 nitrogen and oxygen atoms in total. The Balaban J connectivity index is 0.931. The molecule has 2 aliphatic rings. The third kappa shape index (κ3) is 13.5. The fraction of sp³-hybridized carbons (Fsp3) is 0.537. The van der Waals surface area contributed by atoms with E-state index in [9.17, 15) is 9.59 Å². The summed E-state index contributed by atoms with van der Waals surface area (Å²) in [6.07, 6.45) is 3.75. The lowest BCUT2D eigenvalue weighted by Crippen LogP contribution is -2.45. The highest BCUT2D eigenvalue weighted by molar-refractivity contribution is 5.95. The van der Waals surface area contributed by atoms with Gasteiger partial charge in [-0.3, -0.25) is 19.4 Å². The van der Waals surface area contributed by atoms with Crippen LogP contribution in [0.5, 0.6) is 0 Å². The molecule has 3 aromatic heterocycles. The number of amides is 2. The summed E-state index contributed by atoms with van der Waals surface area (Å²) in [4.78, 5) is 35.4. The summed E-state index contributed by atoms with van der Waals surface area (Å²) < 4.78 is 3.58. The van der Waals surface area contributed by atoms with Crippen LogP contribution in [0.15, 0.2) is 54.9 Å². The molecule has 8 N–H and O–H groups in total. The number of nitrogens with one attached hydrogen (secondary N) is 8. The zero-order valence-corrected chi connectivity index (χ0v) is 34.6. The van der Waals surface area contributed by atoms with Crippen molar-refractivity contribution in [2.45, 2.75) is 26.2 Å². The van der Waals surface area contributed by atoms with E-state index in [0.29, 0.717) is 50.7 Å². The first-order valence-electron chi connectivity index (χ1n) is 21.4. The molecule has 7 rings (SSSR count). The Bertz CT molecular complexity index is 1940. The first kappa shape index (κ1) is 43.1. The fourth-order valence-electron chi connectivity index (χ4n) is 7.45. The van der Waals surface area contributed by atoms with Gasteiger partial charge in [0.25, 0.3) is 0 Å². The van der Waals surface area contributed by atoms with Crippen molar-refractivity contribution in [2.24, 2.45) is 0 Å². The molecule has 0 spiro atoms. The number of pyridine rings is 1. The number of carbonyl (C=O) groups is 2. The molecule has 2 aromatic carbocycles. The van der Waals surface area contributed by atoms with Crippen LogP contribution >= 0.6 is 0 Å². The number of rotatable bonds is 12. The van der Waals surface area contributed by atoms with Gasteiger partial charge in [0, 0.05) is 115 Å². The van der Waals surface area contributed by atoms with Gasteiger partial charge in [0.05, 0.1) is 62.7 Å². The Kier molecular flexibility index (Phi) is 16.6. The molecule has 5 aromatic rings. The van der Waals surface area contributed by atoms with Crippen LogP contribution in [-0.4, -0.2) is 174 Å². The van der Waals surface area contributed by atoms with Gasteiger partial charge < -0.3 is 42.5 Å². The van der Waals surface area contributed by atoms with Crippen molar-refractivity contribution in [3.63, 3.8) is 0 Å². The number of hydrogen-bond acceptors (Lipinski definition) is 15. The van der Waals surface area contributed by atoms with Gasteiger partial charge >= 0.3 is 0 Å². The van der Waals surface area contributed by atoms with Gasteiger partial charge in [0.2, 0.25) is 11.8 Å². The third-order valence-electron chi connectivity index (χ3n) is 10.7. The summed E-state index contributed by atoms with van der Waals surface area (Å²) in [5.74, 6) is -0.0689. The summed E-state index contributed by atoms with van der Waals surface area (Å²) in [6, 6.07) is 14.5. The van der Waals surface area contributed by atoms with Crippen molar-refractivity contribution in [1.82, 2.24) is 87.3 Å². The Morgan fingerprint density at radius 1 is 0.533 bits per heavy atom. The van der Waals surface area contributed by atoms with E-state index in [4.69, 9.17) is 4.98 Å². The molecule has 2 aliphatic heterocycles. The Labute approximate surface area is 351 Å². The van der Waals surface area contributed by atoms with Crippen molar-refractivity contribution < 1.29 is 9.59 Å². The van der Waals surface area contributed by atoms with Crippen molar-refractivity contribution in [1.29, 1.82) is 0 Å². The molecule has 0 bridgehead atoms. The predicted molar refractivity (Wildman–Crippen MR) is 231 cm³/mol. The minimum Gasteiger partial charge on any atom is -0.349 e. The maximum Gasteiger partial charge on any atom is 0.234 e. The monoisotopic (exact) mass is 824 g/mol. The van der Waals surface area contributed by atoms with E-state index in [1.165, 1.54) is 0 Å². The molecule has 19 heteroatoms. The number of fused-ring (bicyclic) bond motifs is 2. The lowest BCUT2D eigenvalue weighted by Gasteiger charge is -2.23. The predicted octanol–water partition coefficient (Wildman–Crippen LogP) is -1.93. The van der Waals surface area contributed by atoms with E-state index in [2.05, 4.69) is 103 Å². The largest absolute Gasteiger partial charge is 0.349 e. The third-order valence-corrected chi connectivity index (χ3v) is 10.7. The molecule has 0 atom stereocenters. The first-order valence-corrected chi connectivity index (χ1v) is 21.4. The van der Waals surface area contributed by atoms with E-state index >= 15 is 0 Å². The maximum absolute atomic E-state index is 12.9. The number of benzene rings is 2. The van der Waals surface area contributed by atoms with Crippen LogP contribution < -0.4 is 42.5 Å². The van der Waals surface area contributed by atoms with E-state index < -0.39 is 0 Å². The molecule has 2 amide bonds. The van der Waals surface area contributed by atoms with Gasteiger partial charge in [0.1, 0.15) is 11.4 Å². The molecule has 2 saturated heterocycles. The summed E-state index contributed by atoms with van der Waals surface area (Å²) in [6.45, 7) is 16.2. The van der Waals surface area contributed by atoms with Gasteiger partial charge in [-0.1, -0.05) is 46.8 Å². The average Bonchev–Trinajstić information content (AvgIpc) is 3.90. The Morgan fingerprint density at radius 3 is 1.32 bits per heavy atom. The second-order valence-electron chi connectivity index (χ2n) is 15.4. The highest BCUT2D eigenvalue weighted by Gasteiger charge is 2.15. The van der Waals surface area contributed by atoms with Crippen LogP contribution in [0.25, 0.3) is 21.8 Å². The normalized spacial score (nSPS) is 17.6. The number of hydrogen-bond donors (Lipinski definition) is 8. The van der Waals surface area contributed by atoms with Gasteiger partial charge in [-0.25, -0.2) is 14.3 Å². The molecule has 0 aliphatic carbocycles. The fourth-order valence-corrected chi connectivity index (χ4v) is 7.45. The van der Waals surface area contributed by atoms with Crippen molar-refractivity contribution in [2.75, 3.05) is 118 Å². The average molecular weight is 824 g/mol. The Morgan fingerprint density at radius 2 is 0.917 bits per heavy atom. The summed E-state index contributed by atoms with van der Waals surface area (Å²) in [7, 11) is 0. The van der Waals surface area contributed by atoms with Gasteiger partial charge in [-0.2, -0.15) is 0 Å². The van der Waals surface area contributed by atoms with E-state index in [-0.39, 0.29) is 11.8 Å². The van der Waals surface area contributed by atoms with Gasteiger partial charge in [-0.15, -0.1) is 10.2 Å². The molecule has 5 heterocycles. The van der Waals surface area contributed by atoms with Crippen LogP contribution in [-0.2, 0) is 35.8 Å². The van der Waals surface area contributed by atoms with Crippen LogP contribution in [0, 0.1) is 0 Å². The van der Waals surface area contributed by atoms with Crippen LogP contribution in [0.3, 0.4) is 0 Å². The highest BCUT2D eigenvalue weighted by atomic mass is 16.2. The first-order chi connectivity index (χ1) is 29.6. The lowest BCUT2D eigenvalue weighted by molar-refractivity contribution is -0.123. The van der Waals surface area contributed by atoms with Crippen LogP contribution in [0.4, 0.5) is 0 Å². The standard InChI is InChI=1S/C41H61N17O2/c59-38(30-55-19-15-44-11-7-42-8-12-45-16-20-55)48-24-36-28-57(53-51-36)26-34-5-1-3-32-23-33-4-2-6-35(41(33)50-40(32)34)27-58-29-37(52-54-58)25-49-39(60)31-56-21-17-46-13-9-43-10-14-47-18-22-56/h1-6,23,28-29,42-47H,7-22,24-27,30-31H2,(H,48,59)(H,49,60). The summed E-state index contributed by atoms with van der Waals surface area (Å²) in [5.41, 5.74) is 5.17. The second-order valence-corrected chi connectivity index (χ2v) is 15.4. The second kappa shape index (κ2) is 23.1. The van der Waals surface area contributed by atoms with Crippen molar-refractivity contribution in [3.8, 4) is 0 Å². The molecular formula is C41H61N17O2. The number of aromatic nitrogens is 7. The quantitative estimate of drug-likeness (QED) is 0.0645. The van der Waals surface area contributed by atoms with E-state index in [1.807, 2.05) is 24.5 Å². The maximum atomic E-state index is 12.9. The minimum atomic E-state index is -0.0344. The topological polar surface area (TPSA) is 211 Å². The van der Waals surface area contributed by atoms with Crippen molar-refractivity contribution >= 4 is 33.6 Å². The molecule has 60 heavy (non-hydrogen) atoms. The van der Waals surface area contributed by atoms with E-state index in [1.54, 1.807) is 9.36 Å². The zero-order chi connectivity index (χ0) is 41.2. The number of carbonyl (C=O) groups excluding carboxylic acids is 2. The molecular weight excluding hydrogens is 763 g/mol. The summed E-state index contributed by atoms with van der Waals surface area (Å²) in [5, 5.41) is 46.2. The molecule has 0 unspecified atom stereocenters. The molecule has 0 radical (unpaired) electrons. The van der Waals surface area contributed by atoms with Gasteiger partial charge in [0.15, 0.2) is 0 Å². The minimum absolute atomic E-state index is 0.0344. The SMILES string of the molecule is O=C(CN1CCNCCNCCNCC1)NCc1cn(Cc2cccc3cc4cccc(Cn5cc(CNC(=O)CN6CCNCCNCCNCC6)nn5)c4nc23)nn1. The number of nitrogens with zero attached hydrogens (tertiary/aromatic N) is 9. The lowest BCUT2D eigenvalue weighted by atomic mass is 10.0. The number of para-hydroxylation sites is 2. The van der Waals surface area contributed by atoms with Gasteiger partial charge in [-0.05, 0) is 17.2 Å². The van der Waals surface area contributed by atoms with E-state index in [0.717, 1.165) is 138 Å². The molecule has 2 fully saturated rings. The highest BCUT2D eigenvalue weighted by Crippen LogP contribution is 2.26. The zero-order valence-electron chi connectivity index (χ0n) is 34.6. The smallest absolute Gasteiger partial charge is 0.234 e. The van der Waals surface area contributed by atoms with Crippen LogP contribution in [0.2, 0.25) is 0 Å². The summed E-state index contributed by atoms with van der Waals surface area (Å²) >= 11 is 0. The molecule has 0 saturated carbocycles. The Hall–Kier alpha value is -4.99. The van der Waals surface area contributed by atoms with Crippen molar-refractivity contribution in [3.05, 3.63) is 77.4 Å². The molecule has 322 valence electrons.